The van der Waals surface area contributed by atoms with Crippen LogP contribution in [0.2, 0.25) is 10.0 Å². The average molecular weight is 431 g/mol. The van der Waals surface area contributed by atoms with Gasteiger partial charge in [-0.05, 0) is 24.1 Å². The van der Waals surface area contributed by atoms with E-state index in [1.165, 1.54) is 10.9 Å². The lowest BCUT2D eigenvalue weighted by molar-refractivity contribution is 0.358. The van der Waals surface area contributed by atoms with Crippen LogP contribution in [0.3, 0.4) is 0 Å². The molecule has 0 radical (unpaired) electrons. The van der Waals surface area contributed by atoms with Crippen LogP contribution in [0.4, 0.5) is 0 Å². The molecule has 0 atom stereocenters. The minimum atomic E-state index is -0.436. The lowest BCUT2D eigenvalue weighted by Gasteiger charge is -2.04. The topological polar surface area (TPSA) is 91.6 Å². The summed E-state index contributed by atoms with van der Waals surface area (Å²) in [7, 11) is 1.78. The Morgan fingerprint density at radius 1 is 1.07 bits per heavy atom. The third kappa shape index (κ3) is 4.38. The Kier molecular flexibility index (Phi) is 5.46. The van der Waals surface area contributed by atoms with Gasteiger partial charge >= 0.3 is 0 Å². The van der Waals surface area contributed by atoms with Gasteiger partial charge in [0.15, 0.2) is 5.82 Å². The summed E-state index contributed by atoms with van der Waals surface area (Å²) in [6.45, 7) is 0.0415. The molecule has 0 aliphatic heterocycles. The molecule has 0 bridgehead atoms. The van der Waals surface area contributed by atoms with Crippen molar-refractivity contribution >= 4 is 23.2 Å². The molecule has 0 N–H and O–H groups in total. The van der Waals surface area contributed by atoms with Crippen LogP contribution in [0.1, 0.15) is 17.3 Å². The van der Waals surface area contributed by atoms with Gasteiger partial charge in [0.25, 0.3) is 5.56 Å². The van der Waals surface area contributed by atoms with Crippen molar-refractivity contribution in [2.75, 3.05) is 0 Å². The highest BCUT2D eigenvalue weighted by Crippen LogP contribution is 2.23. The van der Waals surface area contributed by atoms with Crippen molar-refractivity contribution in [2.24, 2.45) is 7.05 Å². The molecule has 1 aromatic carbocycles. The maximum atomic E-state index is 12.6. The molecule has 0 aliphatic rings. The van der Waals surface area contributed by atoms with Gasteiger partial charge in [-0.15, -0.1) is 0 Å². The second kappa shape index (κ2) is 8.18. The molecule has 4 aromatic rings. The normalized spacial score (nSPS) is 11.1. The number of benzene rings is 1. The number of aryl methyl sites for hydroxylation is 3. The predicted molar refractivity (Wildman–Crippen MR) is 108 cm³/mol. The fourth-order valence-corrected chi connectivity index (χ4v) is 3.21. The molecular weight excluding hydrogens is 415 g/mol. The van der Waals surface area contributed by atoms with Crippen LogP contribution in [0, 0.1) is 0 Å². The van der Waals surface area contributed by atoms with Crippen LogP contribution >= 0.6 is 23.2 Å². The van der Waals surface area contributed by atoms with Crippen molar-refractivity contribution in [2.45, 2.75) is 19.4 Å². The molecule has 0 unspecified atom stereocenters. The first-order valence-electron chi connectivity index (χ1n) is 8.80. The van der Waals surface area contributed by atoms with E-state index in [2.05, 4.69) is 20.3 Å². The summed E-state index contributed by atoms with van der Waals surface area (Å²) >= 11 is 12.1. The van der Waals surface area contributed by atoms with E-state index in [0.29, 0.717) is 22.8 Å². The van der Waals surface area contributed by atoms with Crippen molar-refractivity contribution in [3.63, 3.8) is 0 Å². The summed E-state index contributed by atoms with van der Waals surface area (Å²) < 4.78 is 8.07. The summed E-state index contributed by atoms with van der Waals surface area (Å²) in [5.41, 5.74) is 1.93. The van der Waals surface area contributed by atoms with Crippen LogP contribution in [-0.4, -0.2) is 29.7 Å². The van der Waals surface area contributed by atoms with Crippen molar-refractivity contribution in [1.82, 2.24) is 29.7 Å². The fraction of sp³-hybridized carbons (Fsp3) is 0.211. The third-order valence-corrected chi connectivity index (χ3v) is 4.96. The van der Waals surface area contributed by atoms with Gasteiger partial charge in [0.1, 0.15) is 11.6 Å². The van der Waals surface area contributed by atoms with Crippen molar-refractivity contribution in [3.05, 3.63) is 80.5 Å². The molecular formula is C19H16Cl2N6O2. The van der Waals surface area contributed by atoms with E-state index in [4.69, 9.17) is 27.7 Å². The van der Waals surface area contributed by atoms with Crippen LogP contribution in [0.5, 0.6) is 0 Å². The summed E-state index contributed by atoms with van der Waals surface area (Å²) in [6.07, 6.45) is 6.27. The van der Waals surface area contributed by atoms with E-state index in [-0.39, 0.29) is 17.5 Å². The smallest absolute Gasteiger partial charge is 0.286 e. The Balaban J connectivity index is 1.46. The van der Waals surface area contributed by atoms with Gasteiger partial charge in [0.05, 0.1) is 12.4 Å². The zero-order chi connectivity index (χ0) is 20.4. The van der Waals surface area contributed by atoms with E-state index < -0.39 is 5.56 Å². The highest BCUT2D eigenvalue weighted by atomic mass is 35.5. The first kappa shape index (κ1) is 19.4. The van der Waals surface area contributed by atoms with Gasteiger partial charge in [0, 0.05) is 35.8 Å². The van der Waals surface area contributed by atoms with Gasteiger partial charge in [-0.25, -0.2) is 4.68 Å². The Morgan fingerprint density at radius 3 is 2.59 bits per heavy atom. The van der Waals surface area contributed by atoms with E-state index in [1.54, 1.807) is 24.1 Å². The number of nitrogens with zero attached hydrogens (tertiary/aromatic N) is 6. The first-order valence-corrected chi connectivity index (χ1v) is 9.56. The number of hydrogen-bond acceptors (Lipinski definition) is 6. The largest absolute Gasteiger partial charge is 0.337 e. The van der Waals surface area contributed by atoms with Gasteiger partial charge in [-0.2, -0.15) is 15.2 Å². The molecule has 0 saturated carbocycles. The quantitative estimate of drug-likeness (QED) is 0.466. The minimum absolute atomic E-state index is 0.0415. The van der Waals surface area contributed by atoms with E-state index in [0.717, 1.165) is 17.5 Å². The standard InChI is InChI=1S/C19H16Cl2N6O2/c1-26-10-13(8-22-26)15-9-23-27(19(28)18(15)21)11-17-24-16(25-29-17)7-4-12-2-5-14(20)6-3-12/h2-3,5-6,8-10H,4,7,11H2,1H3. The van der Waals surface area contributed by atoms with E-state index in [1.807, 2.05) is 24.3 Å². The lowest BCUT2D eigenvalue weighted by Crippen LogP contribution is -2.24. The van der Waals surface area contributed by atoms with Crippen molar-refractivity contribution < 1.29 is 4.52 Å². The highest BCUT2D eigenvalue weighted by Gasteiger charge is 2.15. The van der Waals surface area contributed by atoms with Gasteiger partial charge in [-0.3, -0.25) is 9.48 Å². The van der Waals surface area contributed by atoms with Crippen molar-refractivity contribution in [1.29, 1.82) is 0 Å². The van der Waals surface area contributed by atoms with Crippen LogP contribution < -0.4 is 5.56 Å². The predicted octanol–water partition coefficient (Wildman–Crippen LogP) is 3.17. The Labute approximate surface area is 175 Å². The molecule has 0 aliphatic carbocycles. The summed E-state index contributed by atoms with van der Waals surface area (Å²) in [6, 6.07) is 7.60. The molecule has 10 heteroatoms. The zero-order valence-corrected chi connectivity index (χ0v) is 16.9. The number of aromatic nitrogens is 6. The molecule has 3 heterocycles. The molecule has 0 saturated heterocycles. The monoisotopic (exact) mass is 430 g/mol. The minimum Gasteiger partial charge on any atom is -0.337 e. The summed E-state index contributed by atoms with van der Waals surface area (Å²) in [5, 5.41) is 13.0. The molecule has 0 spiro atoms. The highest BCUT2D eigenvalue weighted by molar-refractivity contribution is 6.33. The lowest BCUT2D eigenvalue weighted by atomic mass is 10.1. The summed E-state index contributed by atoms with van der Waals surface area (Å²) in [4.78, 5) is 16.9. The first-order chi connectivity index (χ1) is 14.0. The Bertz CT molecular complexity index is 1200. The van der Waals surface area contributed by atoms with Crippen molar-refractivity contribution in [3.8, 4) is 11.1 Å². The third-order valence-electron chi connectivity index (χ3n) is 4.35. The average Bonchev–Trinajstić information content (AvgIpc) is 3.34. The second-order valence-corrected chi connectivity index (χ2v) is 7.28. The molecule has 0 amide bonds. The number of halogens is 2. The van der Waals surface area contributed by atoms with Gasteiger partial charge < -0.3 is 4.52 Å². The SMILES string of the molecule is Cn1cc(-c2cnn(Cc3nc(CCc4ccc(Cl)cc4)no3)c(=O)c2Cl)cn1. The second-order valence-electron chi connectivity index (χ2n) is 6.47. The van der Waals surface area contributed by atoms with E-state index >= 15 is 0 Å². The molecule has 0 fully saturated rings. The fourth-order valence-electron chi connectivity index (χ4n) is 2.83. The Hall–Kier alpha value is -2.97. The van der Waals surface area contributed by atoms with E-state index in [9.17, 15) is 4.79 Å². The molecule has 148 valence electrons. The van der Waals surface area contributed by atoms with Crippen LogP contribution in [0.15, 0.2) is 52.2 Å². The Morgan fingerprint density at radius 2 is 1.86 bits per heavy atom. The molecule has 8 nitrogen and oxygen atoms in total. The maximum absolute atomic E-state index is 12.6. The zero-order valence-electron chi connectivity index (χ0n) is 15.4. The number of rotatable bonds is 6. The van der Waals surface area contributed by atoms with Crippen LogP contribution in [-0.2, 0) is 26.4 Å². The number of hydrogen-bond donors (Lipinski definition) is 0. The molecule has 4 rings (SSSR count). The molecule has 29 heavy (non-hydrogen) atoms. The molecule has 3 aromatic heterocycles. The van der Waals surface area contributed by atoms with Gasteiger partial charge in [0.2, 0.25) is 5.89 Å². The van der Waals surface area contributed by atoms with Crippen LogP contribution in [0.25, 0.3) is 11.1 Å². The van der Waals surface area contributed by atoms with Gasteiger partial charge in [-0.1, -0.05) is 40.5 Å². The summed E-state index contributed by atoms with van der Waals surface area (Å²) in [5.74, 6) is 0.844. The maximum Gasteiger partial charge on any atom is 0.286 e.